The van der Waals surface area contributed by atoms with Crippen LogP contribution in [0.2, 0.25) is 0 Å². The average molecular weight is 590 g/mol. The van der Waals surface area contributed by atoms with Crippen molar-refractivity contribution in [2.75, 3.05) is 20.8 Å². The fraction of sp³-hybridized carbons (Fsp3) is 0.233. The molecular formula is C30H27N3O6S2. The number of carbonyl (C=O) groups is 2. The quantitative estimate of drug-likeness (QED) is 0.207. The van der Waals surface area contributed by atoms with Gasteiger partial charge in [-0.1, -0.05) is 48.2 Å². The van der Waals surface area contributed by atoms with Crippen molar-refractivity contribution in [1.29, 1.82) is 5.26 Å². The number of aryl methyl sites for hydroxylation is 1. The van der Waals surface area contributed by atoms with E-state index in [2.05, 4.69) is 0 Å². The van der Waals surface area contributed by atoms with Crippen molar-refractivity contribution in [2.45, 2.75) is 26.3 Å². The summed E-state index contributed by atoms with van der Waals surface area (Å²) in [6, 6.07) is 16.3. The van der Waals surface area contributed by atoms with Gasteiger partial charge in [0.25, 0.3) is 11.5 Å². The molecular weight excluding hydrogens is 562 g/mol. The smallest absolute Gasteiger partial charge is 0.271 e. The van der Waals surface area contributed by atoms with E-state index < -0.39 is 17.2 Å². The zero-order valence-electron chi connectivity index (χ0n) is 22.7. The summed E-state index contributed by atoms with van der Waals surface area (Å²) in [4.78, 5) is 41.1. The molecule has 0 radical (unpaired) electrons. The molecule has 1 aliphatic heterocycles. The molecule has 3 aromatic rings. The van der Waals surface area contributed by atoms with Gasteiger partial charge in [0.15, 0.2) is 5.78 Å². The van der Waals surface area contributed by atoms with Gasteiger partial charge in [0, 0.05) is 19.5 Å². The molecule has 9 nitrogen and oxygen atoms in total. The fourth-order valence-electron chi connectivity index (χ4n) is 4.41. The lowest BCUT2D eigenvalue weighted by atomic mass is 9.99. The van der Waals surface area contributed by atoms with Gasteiger partial charge in [-0.05, 0) is 60.4 Å². The number of ether oxygens (including phenoxy) is 2. The molecule has 0 atom stereocenters. The molecule has 0 aliphatic carbocycles. The summed E-state index contributed by atoms with van der Waals surface area (Å²) in [7, 11) is 3.13. The number of ketones is 1. The molecule has 2 heterocycles. The maximum absolute atomic E-state index is 13.4. The Bertz CT molecular complexity index is 1640. The number of thioether (sulfide) groups is 1. The van der Waals surface area contributed by atoms with Gasteiger partial charge in [-0.15, -0.1) is 0 Å². The standard InChI is InChI=1S/C30H27N3O6S2/c1-18-23(17-31)27(35)32(14-12-19-4-8-21(38-2)9-5-19)29(37)26(18)24(34)13-15-33-28(36)25(41-30(33)40)16-20-6-10-22(39-3)11-7-20/h4-11,16,37H,12-15H2,1-3H3/b25-16-. The summed E-state index contributed by atoms with van der Waals surface area (Å²) in [5.74, 6) is 0.0317. The number of thiocarbonyl (C=S) groups is 1. The number of nitrogens with zero attached hydrogens (tertiary/aromatic N) is 3. The van der Waals surface area contributed by atoms with E-state index in [4.69, 9.17) is 21.7 Å². The van der Waals surface area contributed by atoms with Crippen molar-refractivity contribution in [3.05, 3.63) is 91.6 Å². The molecule has 1 amide bonds. The highest BCUT2D eigenvalue weighted by atomic mass is 32.2. The molecule has 0 bridgehead atoms. The molecule has 0 saturated carbocycles. The van der Waals surface area contributed by atoms with Crippen molar-refractivity contribution in [3.8, 4) is 23.4 Å². The Kier molecular flexibility index (Phi) is 9.27. The molecule has 0 spiro atoms. The first kappa shape index (κ1) is 29.6. The Hall–Kier alpha value is -4.40. The van der Waals surface area contributed by atoms with Crippen LogP contribution in [0.25, 0.3) is 6.08 Å². The van der Waals surface area contributed by atoms with E-state index in [0.29, 0.717) is 27.1 Å². The third-order valence-corrected chi connectivity index (χ3v) is 8.09. The van der Waals surface area contributed by atoms with Crippen LogP contribution in [0.15, 0.2) is 58.2 Å². The zero-order chi connectivity index (χ0) is 29.7. The van der Waals surface area contributed by atoms with Crippen molar-refractivity contribution in [3.63, 3.8) is 0 Å². The van der Waals surface area contributed by atoms with Crippen LogP contribution in [0.3, 0.4) is 0 Å². The molecule has 210 valence electrons. The zero-order valence-corrected chi connectivity index (χ0v) is 24.3. The van der Waals surface area contributed by atoms with Crippen molar-refractivity contribution < 1.29 is 24.2 Å². The second kappa shape index (κ2) is 12.8. The average Bonchev–Trinajstić information content (AvgIpc) is 3.23. The van der Waals surface area contributed by atoms with Crippen LogP contribution < -0.4 is 15.0 Å². The van der Waals surface area contributed by atoms with Gasteiger partial charge in [0.05, 0.1) is 24.7 Å². The summed E-state index contributed by atoms with van der Waals surface area (Å²) in [6.45, 7) is 1.49. The third kappa shape index (κ3) is 6.34. The van der Waals surface area contributed by atoms with Gasteiger partial charge in [-0.25, -0.2) is 0 Å². The van der Waals surface area contributed by atoms with Crippen LogP contribution in [-0.2, 0) is 17.8 Å². The summed E-state index contributed by atoms with van der Waals surface area (Å²) in [6.07, 6.45) is 1.92. The lowest BCUT2D eigenvalue weighted by Crippen LogP contribution is -2.31. The molecule has 1 N–H and O–H groups in total. The molecule has 2 aromatic carbocycles. The van der Waals surface area contributed by atoms with Crippen LogP contribution in [0.5, 0.6) is 17.4 Å². The van der Waals surface area contributed by atoms with Gasteiger partial charge in [-0.2, -0.15) is 5.26 Å². The number of hydrogen-bond donors (Lipinski definition) is 1. The number of amides is 1. The first-order valence-electron chi connectivity index (χ1n) is 12.6. The van der Waals surface area contributed by atoms with E-state index in [0.717, 1.165) is 27.5 Å². The number of methoxy groups -OCH3 is 2. The highest BCUT2D eigenvalue weighted by Crippen LogP contribution is 2.33. The van der Waals surface area contributed by atoms with E-state index in [1.54, 1.807) is 44.6 Å². The number of aromatic hydroxyl groups is 1. The maximum atomic E-state index is 13.4. The van der Waals surface area contributed by atoms with Gasteiger partial charge in [-0.3, -0.25) is 23.9 Å². The van der Waals surface area contributed by atoms with Crippen LogP contribution in [0.4, 0.5) is 0 Å². The van der Waals surface area contributed by atoms with Gasteiger partial charge < -0.3 is 14.6 Å². The second-order valence-electron chi connectivity index (χ2n) is 9.14. The number of benzene rings is 2. The molecule has 1 aromatic heterocycles. The van der Waals surface area contributed by atoms with Crippen LogP contribution in [-0.4, -0.2) is 51.3 Å². The molecule has 1 aliphatic rings. The Labute approximate surface area is 246 Å². The van der Waals surface area contributed by atoms with Crippen molar-refractivity contribution in [1.82, 2.24) is 9.47 Å². The number of carbonyl (C=O) groups excluding carboxylic acids is 2. The fourth-order valence-corrected chi connectivity index (χ4v) is 5.72. The van der Waals surface area contributed by atoms with Crippen molar-refractivity contribution >= 4 is 46.1 Å². The van der Waals surface area contributed by atoms with E-state index in [-0.39, 0.29) is 42.1 Å². The van der Waals surface area contributed by atoms with E-state index in [1.165, 1.54) is 11.8 Å². The molecule has 4 rings (SSSR count). The second-order valence-corrected chi connectivity index (χ2v) is 10.8. The normalized spacial score (nSPS) is 13.9. The lowest BCUT2D eigenvalue weighted by Gasteiger charge is -2.17. The number of aromatic nitrogens is 1. The number of rotatable bonds is 10. The minimum absolute atomic E-state index is 0.0187. The molecule has 1 saturated heterocycles. The minimum atomic E-state index is -0.673. The first-order valence-corrected chi connectivity index (χ1v) is 13.8. The summed E-state index contributed by atoms with van der Waals surface area (Å²) in [5, 5.41) is 20.7. The topological polar surface area (TPSA) is 122 Å². The SMILES string of the molecule is COc1ccc(/C=C2\SC(=S)N(CCC(=O)c3c(C)c(C#N)c(=O)n(CCc4ccc(OC)cc4)c3O)C2=O)cc1. The molecule has 1 fully saturated rings. The van der Waals surface area contributed by atoms with Gasteiger partial charge >= 0.3 is 0 Å². The van der Waals surface area contributed by atoms with E-state index in [1.807, 2.05) is 30.3 Å². The Morgan fingerprint density at radius 2 is 1.66 bits per heavy atom. The van der Waals surface area contributed by atoms with Crippen LogP contribution in [0.1, 0.15) is 39.0 Å². The van der Waals surface area contributed by atoms with Crippen LogP contribution in [0, 0.1) is 18.3 Å². The predicted molar refractivity (Wildman–Crippen MR) is 160 cm³/mol. The minimum Gasteiger partial charge on any atom is -0.497 e. The third-order valence-electron chi connectivity index (χ3n) is 6.71. The largest absolute Gasteiger partial charge is 0.497 e. The number of pyridine rings is 1. The monoisotopic (exact) mass is 589 g/mol. The molecule has 41 heavy (non-hydrogen) atoms. The summed E-state index contributed by atoms with van der Waals surface area (Å²) >= 11 is 6.53. The number of Topliss-reactive ketones (excluding diaryl/α,β-unsaturated/α-hetero) is 1. The molecule has 11 heteroatoms. The predicted octanol–water partition coefficient (Wildman–Crippen LogP) is 4.47. The number of hydrogen-bond acceptors (Lipinski definition) is 9. The highest BCUT2D eigenvalue weighted by Gasteiger charge is 2.33. The van der Waals surface area contributed by atoms with Crippen LogP contribution >= 0.6 is 24.0 Å². The van der Waals surface area contributed by atoms with E-state index in [9.17, 15) is 24.8 Å². The molecule has 0 unspecified atom stereocenters. The van der Waals surface area contributed by atoms with Gasteiger partial charge in [0.1, 0.15) is 27.5 Å². The van der Waals surface area contributed by atoms with Gasteiger partial charge in [0.2, 0.25) is 5.88 Å². The maximum Gasteiger partial charge on any atom is 0.271 e. The lowest BCUT2D eigenvalue weighted by molar-refractivity contribution is -0.122. The Balaban J connectivity index is 1.52. The van der Waals surface area contributed by atoms with Crippen molar-refractivity contribution in [2.24, 2.45) is 0 Å². The Morgan fingerprint density at radius 3 is 2.24 bits per heavy atom. The Morgan fingerprint density at radius 1 is 1.05 bits per heavy atom. The van der Waals surface area contributed by atoms with E-state index >= 15 is 0 Å². The number of nitriles is 1. The first-order chi connectivity index (χ1) is 19.7. The highest BCUT2D eigenvalue weighted by molar-refractivity contribution is 8.26. The summed E-state index contributed by atoms with van der Waals surface area (Å²) in [5.41, 5.74) is 0.771. The summed E-state index contributed by atoms with van der Waals surface area (Å²) < 4.78 is 11.7.